The Morgan fingerprint density at radius 2 is 1.33 bits per heavy atom. The zero-order chi connectivity index (χ0) is 29.9. The van der Waals surface area contributed by atoms with Crippen molar-refractivity contribution in [3.63, 3.8) is 0 Å². The highest BCUT2D eigenvalue weighted by Gasteiger charge is 2.42. The first kappa shape index (κ1) is 25.0. The summed E-state index contributed by atoms with van der Waals surface area (Å²) in [5.41, 5.74) is 15.3. The predicted octanol–water partition coefficient (Wildman–Crippen LogP) is 9.34. The van der Waals surface area contributed by atoms with Gasteiger partial charge >= 0.3 is 0 Å². The number of furan rings is 1. The summed E-state index contributed by atoms with van der Waals surface area (Å²) in [4.78, 5) is 2.54. The van der Waals surface area contributed by atoms with Crippen molar-refractivity contribution in [3.8, 4) is 5.69 Å². The molecule has 0 atom stereocenters. The number of rotatable bonds is 2. The fraction of sp³-hybridized carbons (Fsp3) is 0.143. The van der Waals surface area contributed by atoms with Gasteiger partial charge < -0.3 is 13.9 Å². The third-order valence-corrected chi connectivity index (χ3v) is 11.1. The minimum absolute atomic E-state index is 0.158. The molecule has 0 spiro atoms. The van der Waals surface area contributed by atoms with Crippen molar-refractivity contribution >= 4 is 83.9 Å². The second-order valence-corrected chi connectivity index (χ2v) is 13.5. The molecular formula is C42H31BN2O. The first-order chi connectivity index (χ1) is 22.8. The lowest BCUT2D eigenvalue weighted by Crippen LogP contribution is -2.60. The van der Waals surface area contributed by atoms with E-state index in [1.165, 1.54) is 109 Å². The molecule has 3 aliphatic rings. The number of aromatic nitrogens is 1. The standard InChI is InChI=1S/C42H31BN2O/c1-3-12-26(13-4-1)27-22-37-41-38(23-27)45-36-24-32-29-16-7-10-21-39(29)46-40(32)25-31(36)30-17-11-19-34(42(30)45)43(41)33-18-8-9-20-35(33)44(37)28-14-5-2-6-15-28/h2,5-11,14-26H,1,3-4,12-13H2. The van der Waals surface area contributed by atoms with E-state index in [1.807, 2.05) is 0 Å². The lowest BCUT2D eigenvalue weighted by atomic mass is 9.33. The smallest absolute Gasteiger partial charge is 0.252 e. The van der Waals surface area contributed by atoms with Crippen LogP contribution in [0.3, 0.4) is 0 Å². The first-order valence-electron chi connectivity index (χ1n) is 16.8. The molecule has 0 amide bonds. The zero-order valence-corrected chi connectivity index (χ0v) is 25.5. The topological polar surface area (TPSA) is 21.3 Å². The first-order valence-corrected chi connectivity index (χ1v) is 16.8. The maximum atomic E-state index is 6.43. The van der Waals surface area contributed by atoms with Gasteiger partial charge in [0, 0.05) is 49.8 Å². The number of para-hydroxylation sites is 4. The summed E-state index contributed by atoms with van der Waals surface area (Å²) in [6.45, 7) is 0.158. The summed E-state index contributed by atoms with van der Waals surface area (Å²) in [5.74, 6) is 0.586. The lowest BCUT2D eigenvalue weighted by Gasteiger charge is -2.41. The van der Waals surface area contributed by atoms with E-state index in [0.717, 1.165) is 11.2 Å². The molecule has 0 saturated heterocycles. The van der Waals surface area contributed by atoms with Gasteiger partial charge in [-0.1, -0.05) is 92.1 Å². The molecule has 4 heterocycles. The molecule has 0 N–H and O–H groups in total. The molecule has 1 fully saturated rings. The molecule has 218 valence electrons. The van der Waals surface area contributed by atoms with Crippen molar-refractivity contribution in [2.45, 2.75) is 38.0 Å². The summed E-state index contributed by atoms with van der Waals surface area (Å²) in [7, 11) is 0. The van der Waals surface area contributed by atoms with Gasteiger partial charge in [-0.05, 0) is 89.2 Å². The number of anilines is 3. The Bertz CT molecular complexity index is 2540. The normalized spacial score (nSPS) is 15.7. The third-order valence-electron chi connectivity index (χ3n) is 11.1. The van der Waals surface area contributed by atoms with E-state index >= 15 is 0 Å². The van der Waals surface area contributed by atoms with Crippen LogP contribution in [0.25, 0.3) is 49.4 Å². The predicted molar refractivity (Wildman–Crippen MR) is 193 cm³/mol. The molecule has 8 aromatic rings. The molecule has 0 bridgehead atoms. The number of fused-ring (bicyclic) bond motifs is 10. The third kappa shape index (κ3) is 3.24. The Kier molecular flexibility index (Phi) is 4.99. The Hall–Kier alpha value is -5.22. The summed E-state index contributed by atoms with van der Waals surface area (Å²) in [5, 5.41) is 4.91. The van der Waals surface area contributed by atoms with Gasteiger partial charge in [-0.2, -0.15) is 0 Å². The maximum Gasteiger partial charge on any atom is 0.252 e. The van der Waals surface area contributed by atoms with Crippen molar-refractivity contribution < 1.29 is 4.42 Å². The minimum Gasteiger partial charge on any atom is -0.456 e. The van der Waals surface area contributed by atoms with Gasteiger partial charge in [-0.3, -0.25) is 0 Å². The molecule has 1 aliphatic carbocycles. The summed E-state index contributed by atoms with van der Waals surface area (Å²) in [6, 6.07) is 45.3. The highest BCUT2D eigenvalue weighted by molar-refractivity contribution is 7.00. The van der Waals surface area contributed by atoms with Gasteiger partial charge in [0.05, 0.1) is 5.52 Å². The molecular weight excluding hydrogens is 559 g/mol. The van der Waals surface area contributed by atoms with Gasteiger partial charge in [0.1, 0.15) is 11.2 Å². The van der Waals surface area contributed by atoms with Crippen molar-refractivity contribution in [2.24, 2.45) is 0 Å². The van der Waals surface area contributed by atoms with Gasteiger partial charge in [0.25, 0.3) is 6.71 Å². The molecule has 1 saturated carbocycles. The van der Waals surface area contributed by atoms with Crippen molar-refractivity contribution in [1.82, 2.24) is 4.57 Å². The molecule has 46 heavy (non-hydrogen) atoms. The molecule has 0 radical (unpaired) electrons. The van der Waals surface area contributed by atoms with Crippen LogP contribution in [0.15, 0.2) is 126 Å². The quantitative estimate of drug-likeness (QED) is 0.187. The average molecular weight is 591 g/mol. The molecule has 4 heteroatoms. The van der Waals surface area contributed by atoms with Crippen LogP contribution in [0, 0.1) is 0 Å². The SMILES string of the molecule is c1ccc(N2c3ccccc3B3c4c2cc(C2CCCCC2)cc4-n2c4cc5c(cc4c4cccc3c42)oc2ccccc25)cc1. The average Bonchev–Trinajstić information content (AvgIpc) is 3.65. The Morgan fingerprint density at radius 3 is 2.24 bits per heavy atom. The van der Waals surface area contributed by atoms with Crippen LogP contribution in [0.2, 0.25) is 0 Å². The lowest BCUT2D eigenvalue weighted by molar-refractivity contribution is 0.443. The van der Waals surface area contributed by atoms with E-state index in [1.54, 1.807) is 0 Å². The van der Waals surface area contributed by atoms with Crippen LogP contribution in [-0.4, -0.2) is 11.3 Å². The molecule has 2 aromatic heterocycles. The fourth-order valence-corrected chi connectivity index (χ4v) is 9.17. The van der Waals surface area contributed by atoms with Crippen LogP contribution in [0.5, 0.6) is 0 Å². The number of hydrogen-bond donors (Lipinski definition) is 0. The molecule has 6 aromatic carbocycles. The second-order valence-electron chi connectivity index (χ2n) is 13.5. The van der Waals surface area contributed by atoms with Gasteiger partial charge in [-0.25, -0.2) is 0 Å². The fourth-order valence-electron chi connectivity index (χ4n) is 9.17. The number of benzene rings is 6. The number of hydrogen-bond acceptors (Lipinski definition) is 2. The van der Waals surface area contributed by atoms with E-state index in [-0.39, 0.29) is 6.71 Å². The van der Waals surface area contributed by atoms with Crippen LogP contribution >= 0.6 is 0 Å². The van der Waals surface area contributed by atoms with Crippen LogP contribution in [0.4, 0.5) is 17.1 Å². The van der Waals surface area contributed by atoms with Crippen molar-refractivity contribution in [2.75, 3.05) is 4.90 Å². The molecule has 2 aliphatic heterocycles. The summed E-state index contributed by atoms with van der Waals surface area (Å²) < 4.78 is 9.04. The van der Waals surface area contributed by atoms with Gasteiger partial charge in [0.2, 0.25) is 0 Å². The van der Waals surface area contributed by atoms with Crippen LogP contribution in [0.1, 0.15) is 43.6 Å². The van der Waals surface area contributed by atoms with Gasteiger partial charge in [-0.15, -0.1) is 0 Å². The Labute approximate surface area is 267 Å². The summed E-state index contributed by atoms with van der Waals surface area (Å²) in [6.07, 6.45) is 6.52. The molecule has 11 rings (SSSR count). The highest BCUT2D eigenvalue weighted by atomic mass is 16.3. The van der Waals surface area contributed by atoms with E-state index in [4.69, 9.17) is 4.42 Å². The van der Waals surface area contributed by atoms with Gasteiger partial charge in [0.15, 0.2) is 0 Å². The Morgan fingerprint density at radius 1 is 0.565 bits per heavy atom. The molecule has 0 unspecified atom stereocenters. The van der Waals surface area contributed by atoms with Crippen molar-refractivity contribution in [1.29, 1.82) is 0 Å². The zero-order valence-electron chi connectivity index (χ0n) is 25.5. The Balaban J connectivity index is 1.31. The van der Waals surface area contributed by atoms with Crippen LogP contribution in [-0.2, 0) is 0 Å². The van der Waals surface area contributed by atoms with E-state index in [0.29, 0.717) is 5.92 Å². The highest BCUT2D eigenvalue weighted by Crippen LogP contribution is 2.45. The van der Waals surface area contributed by atoms with E-state index in [2.05, 4.69) is 131 Å². The van der Waals surface area contributed by atoms with E-state index < -0.39 is 0 Å². The second kappa shape index (κ2) is 9.17. The maximum absolute atomic E-state index is 6.43. The summed E-state index contributed by atoms with van der Waals surface area (Å²) >= 11 is 0. The molecule has 3 nitrogen and oxygen atoms in total. The largest absolute Gasteiger partial charge is 0.456 e. The van der Waals surface area contributed by atoms with Crippen LogP contribution < -0.4 is 21.3 Å². The monoisotopic (exact) mass is 590 g/mol. The van der Waals surface area contributed by atoms with Crippen molar-refractivity contribution in [3.05, 3.63) is 127 Å². The van der Waals surface area contributed by atoms with E-state index in [9.17, 15) is 0 Å². The minimum atomic E-state index is 0.158. The number of nitrogens with zero attached hydrogens (tertiary/aromatic N) is 2.